The normalized spacial score (nSPS) is 16.8. The molecule has 32 heavy (non-hydrogen) atoms. The van der Waals surface area contributed by atoms with Crippen LogP contribution < -0.4 is 10.6 Å². The van der Waals surface area contributed by atoms with E-state index in [4.69, 9.17) is 10.2 Å². The molecule has 5 rings (SSSR count). The maximum Gasteiger partial charge on any atom is 0.259 e. The fraction of sp³-hybridized carbons (Fsp3) is 0.333. The Morgan fingerprint density at radius 3 is 2.72 bits per heavy atom. The van der Waals surface area contributed by atoms with Crippen molar-refractivity contribution in [3.63, 3.8) is 0 Å². The standard InChI is InChI=1S/C21H22F2N8O/c1-29(11-13-5-3-9-30(13)12-14-15(22)6-2-7-16(14)23)20-26-19(24)31-21(27-20)25-18(28-31)17-8-4-10-32-17/h2,4,6-8,10,13H,3,5,9,11-12H2,1H3,(H2,24,25,26,27,28). The lowest BCUT2D eigenvalue weighted by Gasteiger charge is -2.29. The van der Waals surface area contributed by atoms with Crippen LogP contribution in [-0.4, -0.2) is 55.6 Å². The van der Waals surface area contributed by atoms with Gasteiger partial charge in [-0.15, -0.1) is 5.10 Å². The molecule has 1 unspecified atom stereocenters. The van der Waals surface area contributed by atoms with E-state index in [1.807, 2.05) is 11.9 Å². The summed E-state index contributed by atoms with van der Waals surface area (Å²) < 4.78 is 34.9. The first-order valence-electron chi connectivity index (χ1n) is 10.3. The Kier molecular flexibility index (Phi) is 5.17. The number of likely N-dealkylation sites (tertiary alicyclic amines) is 1. The summed E-state index contributed by atoms with van der Waals surface area (Å²) in [6.07, 6.45) is 3.40. The van der Waals surface area contributed by atoms with Crippen LogP contribution in [0, 0.1) is 11.6 Å². The molecule has 1 fully saturated rings. The van der Waals surface area contributed by atoms with Crippen molar-refractivity contribution in [1.82, 2.24) is 29.5 Å². The van der Waals surface area contributed by atoms with Gasteiger partial charge in [-0.2, -0.15) is 19.5 Å². The molecule has 9 nitrogen and oxygen atoms in total. The number of likely N-dealkylation sites (N-methyl/N-ethyl adjacent to an activating group) is 1. The largest absolute Gasteiger partial charge is 0.461 e. The summed E-state index contributed by atoms with van der Waals surface area (Å²) in [4.78, 5) is 17.2. The molecule has 1 atom stereocenters. The minimum Gasteiger partial charge on any atom is -0.461 e. The van der Waals surface area contributed by atoms with Gasteiger partial charge in [0.2, 0.25) is 17.7 Å². The molecule has 1 aliphatic rings. The Bertz CT molecular complexity index is 1220. The van der Waals surface area contributed by atoms with Crippen molar-refractivity contribution in [1.29, 1.82) is 0 Å². The number of nitrogens with zero attached hydrogens (tertiary/aromatic N) is 7. The highest BCUT2D eigenvalue weighted by molar-refractivity contribution is 5.53. The highest BCUT2D eigenvalue weighted by Crippen LogP contribution is 2.25. The van der Waals surface area contributed by atoms with Gasteiger partial charge in [0, 0.05) is 31.7 Å². The van der Waals surface area contributed by atoms with E-state index < -0.39 is 11.6 Å². The minimum absolute atomic E-state index is 0.0941. The smallest absolute Gasteiger partial charge is 0.259 e. The fourth-order valence-electron chi connectivity index (χ4n) is 4.07. The van der Waals surface area contributed by atoms with Crippen LogP contribution in [0.4, 0.5) is 20.7 Å². The number of anilines is 2. The van der Waals surface area contributed by atoms with E-state index in [2.05, 4.69) is 25.0 Å². The van der Waals surface area contributed by atoms with E-state index in [1.54, 1.807) is 12.1 Å². The number of hydrogen-bond donors (Lipinski definition) is 1. The van der Waals surface area contributed by atoms with Crippen molar-refractivity contribution in [2.45, 2.75) is 25.4 Å². The zero-order valence-electron chi connectivity index (χ0n) is 17.4. The van der Waals surface area contributed by atoms with Gasteiger partial charge in [0.25, 0.3) is 5.78 Å². The molecule has 0 saturated carbocycles. The Morgan fingerprint density at radius 2 is 1.97 bits per heavy atom. The van der Waals surface area contributed by atoms with Crippen LogP contribution in [-0.2, 0) is 6.54 Å². The number of nitrogen functional groups attached to an aromatic ring is 1. The molecular formula is C21H22F2N8O. The second kappa shape index (κ2) is 8.15. The first kappa shape index (κ1) is 20.3. The third-order valence-corrected chi connectivity index (χ3v) is 5.71. The van der Waals surface area contributed by atoms with E-state index in [9.17, 15) is 8.78 Å². The summed E-state index contributed by atoms with van der Waals surface area (Å²) in [6, 6.07) is 7.54. The van der Waals surface area contributed by atoms with Gasteiger partial charge in [0.15, 0.2) is 5.76 Å². The second-order valence-corrected chi connectivity index (χ2v) is 7.85. The van der Waals surface area contributed by atoms with Gasteiger partial charge >= 0.3 is 0 Å². The minimum atomic E-state index is -0.523. The Balaban J connectivity index is 1.35. The molecule has 1 aliphatic heterocycles. The van der Waals surface area contributed by atoms with E-state index in [-0.39, 0.29) is 24.1 Å². The molecule has 0 aliphatic carbocycles. The lowest BCUT2D eigenvalue weighted by molar-refractivity contribution is 0.241. The highest BCUT2D eigenvalue weighted by Gasteiger charge is 2.28. The highest BCUT2D eigenvalue weighted by atomic mass is 19.1. The SMILES string of the molecule is CN(CC1CCCN1Cc1c(F)cccc1F)c1nc(N)n2nc(-c3ccco3)nc2n1. The Morgan fingerprint density at radius 1 is 1.16 bits per heavy atom. The van der Waals surface area contributed by atoms with Gasteiger partial charge in [-0.05, 0) is 43.7 Å². The van der Waals surface area contributed by atoms with Gasteiger partial charge in [0.1, 0.15) is 11.6 Å². The fourth-order valence-corrected chi connectivity index (χ4v) is 4.07. The average Bonchev–Trinajstić information content (AvgIpc) is 3.51. The number of nitrogens with two attached hydrogens (primary N) is 1. The van der Waals surface area contributed by atoms with Gasteiger partial charge in [-0.1, -0.05) is 6.07 Å². The molecule has 166 valence electrons. The van der Waals surface area contributed by atoms with E-state index >= 15 is 0 Å². The summed E-state index contributed by atoms with van der Waals surface area (Å²) in [5, 5.41) is 4.30. The second-order valence-electron chi connectivity index (χ2n) is 7.85. The van der Waals surface area contributed by atoms with Crippen molar-refractivity contribution in [3.8, 4) is 11.6 Å². The molecule has 4 aromatic rings. The first-order valence-corrected chi connectivity index (χ1v) is 10.3. The topological polar surface area (TPSA) is 102 Å². The average molecular weight is 440 g/mol. The molecule has 0 spiro atoms. The quantitative estimate of drug-likeness (QED) is 0.488. The maximum atomic E-state index is 14.1. The summed E-state index contributed by atoms with van der Waals surface area (Å²) >= 11 is 0. The van der Waals surface area contributed by atoms with Crippen molar-refractivity contribution >= 4 is 17.7 Å². The zero-order valence-corrected chi connectivity index (χ0v) is 17.4. The monoisotopic (exact) mass is 440 g/mol. The summed E-state index contributed by atoms with van der Waals surface area (Å²) in [7, 11) is 1.86. The van der Waals surface area contributed by atoms with E-state index in [0.717, 1.165) is 19.4 Å². The molecule has 2 N–H and O–H groups in total. The molecule has 0 bridgehead atoms. The van der Waals surface area contributed by atoms with Gasteiger partial charge in [-0.25, -0.2) is 8.78 Å². The van der Waals surface area contributed by atoms with Crippen molar-refractivity contribution in [2.75, 3.05) is 30.8 Å². The summed E-state index contributed by atoms with van der Waals surface area (Å²) in [6.45, 7) is 1.56. The summed E-state index contributed by atoms with van der Waals surface area (Å²) in [5.74, 6) is 0.685. The number of benzene rings is 1. The van der Waals surface area contributed by atoms with Crippen LogP contribution in [0.3, 0.4) is 0 Å². The van der Waals surface area contributed by atoms with E-state index in [0.29, 0.717) is 29.9 Å². The third-order valence-electron chi connectivity index (χ3n) is 5.71. The first-order chi connectivity index (χ1) is 15.5. The number of hydrogen-bond acceptors (Lipinski definition) is 8. The van der Waals surface area contributed by atoms with Crippen LogP contribution in [0.15, 0.2) is 41.0 Å². The Labute approximate surface area is 182 Å². The molecule has 0 radical (unpaired) electrons. The molecule has 4 heterocycles. The zero-order chi connectivity index (χ0) is 22.2. The van der Waals surface area contributed by atoms with Crippen molar-refractivity contribution < 1.29 is 13.2 Å². The molecule has 0 amide bonds. The molecule has 11 heteroatoms. The van der Waals surface area contributed by atoms with Crippen LogP contribution >= 0.6 is 0 Å². The van der Waals surface area contributed by atoms with Gasteiger partial charge < -0.3 is 15.1 Å². The van der Waals surface area contributed by atoms with Crippen molar-refractivity contribution in [2.24, 2.45) is 0 Å². The number of halogens is 2. The third kappa shape index (κ3) is 3.75. The lowest BCUT2D eigenvalue weighted by atomic mass is 10.1. The van der Waals surface area contributed by atoms with Crippen LogP contribution in [0.25, 0.3) is 17.4 Å². The number of rotatable bonds is 6. The predicted octanol–water partition coefficient (Wildman–Crippen LogP) is 2.74. The van der Waals surface area contributed by atoms with Crippen LogP contribution in [0.5, 0.6) is 0 Å². The maximum absolute atomic E-state index is 14.1. The number of aromatic nitrogens is 5. The Hall–Kier alpha value is -3.60. The summed E-state index contributed by atoms with van der Waals surface area (Å²) in [5.41, 5.74) is 6.19. The number of fused-ring (bicyclic) bond motifs is 1. The van der Waals surface area contributed by atoms with Crippen LogP contribution in [0.1, 0.15) is 18.4 Å². The van der Waals surface area contributed by atoms with Gasteiger partial charge in [-0.3, -0.25) is 4.90 Å². The lowest BCUT2D eigenvalue weighted by Crippen LogP contribution is -2.39. The molecule has 1 saturated heterocycles. The van der Waals surface area contributed by atoms with Crippen LogP contribution in [0.2, 0.25) is 0 Å². The molecular weight excluding hydrogens is 418 g/mol. The molecule has 1 aromatic carbocycles. The number of furan rings is 1. The van der Waals surface area contributed by atoms with Gasteiger partial charge in [0.05, 0.1) is 6.26 Å². The van der Waals surface area contributed by atoms with Crippen molar-refractivity contribution in [3.05, 3.63) is 53.8 Å². The predicted molar refractivity (Wildman–Crippen MR) is 114 cm³/mol. The molecule has 3 aromatic heterocycles. The van der Waals surface area contributed by atoms with E-state index in [1.165, 1.54) is 29.0 Å².